The van der Waals surface area contributed by atoms with Crippen molar-refractivity contribution in [2.75, 3.05) is 0 Å². The molecule has 0 aliphatic carbocycles. The van der Waals surface area contributed by atoms with Gasteiger partial charge in [-0.3, -0.25) is 0 Å². The van der Waals surface area contributed by atoms with Crippen molar-refractivity contribution in [1.82, 2.24) is 0 Å². The molecule has 0 aliphatic heterocycles. The summed E-state index contributed by atoms with van der Waals surface area (Å²) >= 11 is 0. The van der Waals surface area contributed by atoms with E-state index in [1.54, 1.807) is 0 Å². The minimum atomic E-state index is 0.774. The fourth-order valence-electron chi connectivity index (χ4n) is 4.36. The van der Waals surface area contributed by atoms with Crippen molar-refractivity contribution in [1.29, 1.82) is 5.26 Å². The molecule has 142 valence electrons. The van der Waals surface area contributed by atoms with Gasteiger partial charge in [-0.05, 0) is 68.8 Å². The van der Waals surface area contributed by atoms with Crippen LogP contribution >= 0.6 is 0 Å². The first kappa shape index (κ1) is 18.2. The SMILES string of the molecule is Cc1ccc2ccc(Cc3ccc4ccccc4c3-c3ccccc3)cc2c1C#N. The Kier molecular flexibility index (Phi) is 4.54. The number of fused-ring (bicyclic) bond motifs is 2. The smallest absolute Gasteiger partial charge is 0.100 e. The van der Waals surface area contributed by atoms with Gasteiger partial charge in [-0.15, -0.1) is 0 Å². The maximum absolute atomic E-state index is 9.66. The summed E-state index contributed by atoms with van der Waals surface area (Å²) in [5.41, 5.74) is 6.84. The van der Waals surface area contributed by atoms with Crippen molar-refractivity contribution < 1.29 is 0 Å². The third-order valence-electron chi connectivity index (χ3n) is 5.88. The van der Waals surface area contributed by atoms with Crippen LogP contribution in [0.25, 0.3) is 32.7 Å². The Morgan fingerprint density at radius 1 is 0.700 bits per heavy atom. The molecule has 1 heteroatoms. The Hall–Kier alpha value is -3.89. The Morgan fingerprint density at radius 2 is 1.40 bits per heavy atom. The van der Waals surface area contributed by atoms with Crippen LogP contribution in [0.15, 0.2) is 97.1 Å². The van der Waals surface area contributed by atoms with Crippen LogP contribution in [-0.2, 0) is 6.42 Å². The minimum absolute atomic E-state index is 0.774. The molecule has 0 bridgehead atoms. The molecule has 5 aromatic carbocycles. The zero-order chi connectivity index (χ0) is 20.5. The zero-order valence-corrected chi connectivity index (χ0v) is 16.9. The highest BCUT2D eigenvalue weighted by atomic mass is 14.2. The van der Waals surface area contributed by atoms with E-state index in [0.29, 0.717) is 0 Å². The van der Waals surface area contributed by atoms with Crippen molar-refractivity contribution in [3.8, 4) is 17.2 Å². The van der Waals surface area contributed by atoms with Crippen LogP contribution in [0.1, 0.15) is 22.3 Å². The highest BCUT2D eigenvalue weighted by molar-refractivity contribution is 5.98. The molecule has 0 saturated carbocycles. The van der Waals surface area contributed by atoms with Gasteiger partial charge in [-0.1, -0.05) is 91.0 Å². The number of benzene rings is 5. The van der Waals surface area contributed by atoms with Crippen LogP contribution in [0.4, 0.5) is 0 Å². The molecule has 0 amide bonds. The van der Waals surface area contributed by atoms with Crippen LogP contribution in [0.2, 0.25) is 0 Å². The molecule has 5 aromatic rings. The van der Waals surface area contributed by atoms with E-state index >= 15 is 0 Å². The summed E-state index contributed by atoms with van der Waals surface area (Å²) in [6, 6.07) is 36.7. The van der Waals surface area contributed by atoms with Crippen LogP contribution < -0.4 is 0 Å². The monoisotopic (exact) mass is 383 g/mol. The molecular formula is C29H21N. The number of nitrogens with zero attached hydrogens (tertiary/aromatic N) is 1. The van der Waals surface area contributed by atoms with Gasteiger partial charge in [0.1, 0.15) is 6.07 Å². The molecule has 1 nitrogen and oxygen atoms in total. The Balaban J connectivity index is 1.69. The Bertz CT molecular complexity index is 1420. The molecule has 0 aliphatic rings. The van der Waals surface area contributed by atoms with Crippen LogP contribution in [0.3, 0.4) is 0 Å². The Labute approximate surface area is 176 Å². The van der Waals surface area contributed by atoms with Crippen molar-refractivity contribution in [2.24, 2.45) is 0 Å². The van der Waals surface area contributed by atoms with Gasteiger partial charge in [-0.25, -0.2) is 0 Å². The predicted molar refractivity (Wildman–Crippen MR) is 126 cm³/mol. The fourth-order valence-corrected chi connectivity index (χ4v) is 4.36. The first-order valence-corrected chi connectivity index (χ1v) is 10.2. The van der Waals surface area contributed by atoms with Crippen molar-refractivity contribution in [3.05, 3.63) is 119 Å². The largest absolute Gasteiger partial charge is 0.192 e. The van der Waals surface area contributed by atoms with E-state index in [1.165, 1.54) is 33.0 Å². The molecule has 0 spiro atoms. The van der Waals surface area contributed by atoms with Gasteiger partial charge in [0.2, 0.25) is 0 Å². The van der Waals surface area contributed by atoms with E-state index < -0.39 is 0 Å². The summed E-state index contributed by atoms with van der Waals surface area (Å²) in [6.45, 7) is 2.00. The maximum atomic E-state index is 9.66. The van der Waals surface area contributed by atoms with Crippen molar-refractivity contribution in [3.63, 3.8) is 0 Å². The summed E-state index contributed by atoms with van der Waals surface area (Å²) < 4.78 is 0. The molecule has 0 aromatic heterocycles. The van der Waals surface area contributed by atoms with Gasteiger partial charge in [0.05, 0.1) is 5.56 Å². The molecule has 5 rings (SSSR count). The summed E-state index contributed by atoms with van der Waals surface area (Å²) in [5, 5.41) is 14.3. The van der Waals surface area contributed by atoms with Crippen LogP contribution in [0.5, 0.6) is 0 Å². The highest BCUT2D eigenvalue weighted by Crippen LogP contribution is 2.34. The number of rotatable bonds is 3. The van der Waals surface area contributed by atoms with Gasteiger partial charge in [0, 0.05) is 0 Å². The average molecular weight is 383 g/mol. The summed E-state index contributed by atoms with van der Waals surface area (Å²) in [7, 11) is 0. The van der Waals surface area contributed by atoms with E-state index in [-0.39, 0.29) is 0 Å². The molecule has 0 N–H and O–H groups in total. The second-order valence-electron chi connectivity index (χ2n) is 7.79. The third kappa shape index (κ3) is 3.13. The van der Waals surface area contributed by atoms with E-state index in [1.807, 2.05) is 13.0 Å². The van der Waals surface area contributed by atoms with Crippen LogP contribution in [0, 0.1) is 18.3 Å². The summed E-state index contributed by atoms with van der Waals surface area (Å²) in [5.74, 6) is 0. The van der Waals surface area contributed by atoms with E-state index in [2.05, 4.69) is 97.1 Å². The van der Waals surface area contributed by atoms with Gasteiger partial charge in [0.15, 0.2) is 0 Å². The summed E-state index contributed by atoms with van der Waals surface area (Å²) in [4.78, 5) is 0. The maximum Gasteiger partial charge on any atom is 0.100 e. The van der Waals surface area contributed by atoms with Gasteiger partial charge < -0.3 is 0 Å². The molecule has 0 radical (unpaired) electrons. The molecule has 0 heterocycles. The number of hydrogen-bond donors (Lipinski definition) is 0. The molecule has 0 fully saturated rings. The number of hydrogen-bond acceptors (Lipinski definition) is 1. The quantitative estimate of drug-likeness (QED) is 0.318. The average Bonchev–Trinajstić information content (AvgIpc) is 2.79. The summed E-state index contributed by atoms with van der Waals surface area (Å²) in [6.07, 6.45) is 0.823. The lowest BCUT2D eigenvalue weighted by molar-refractivity contribution is 1.21. The molecule has 0 atom stereocenters. The first-order valence-electron chi connectivity index (χ1n) is 10.2. The molecule has 0 unspecified atom stereocenters. The minimum Gasteiger partial charge on any atom is -0.192 e. The lowest BCUT2D eigenvalue weighted by Gasteiger charge is -2.15. The van der Waals surface area contributed by atoms with Gasteiger partial charge in [-0.2, -0.15) is 5.26 Å². The lowest BCUT2D eigenvalue weighted by atomic mass is 9.89. The molecule has 0 saturated heterocycles. The van der Waals surface area contributed by atoms with E-state index in [0.717, 1.165) is 28.3 Å². The second kappa shape index (κ2) is 7.50. The Morgan fingerprint density at radius 3 is 2.23 bits per heavy atom. The van der Waals surface area contributed by atoms with Gasteiger partial charge in [0.25, 0.3) is 0 Å². The topological polar surface area (TPSA) is 23.8 Å². The van der Waals surface area contributed by atoms with E-state index in [4.69, 9.17) is 0 Å². The van der Waals surface area contributed by atoms with E-state index in [9.17, 15) is 5.26 Å². The highest BCUT2D eigenvalue weighted by Gasteiger charge is 2.12. The van der Waals surface area contributed by atoms with Gasteiger partial charge >= 0.3 is 0 Å². The predicted octanol–water partition coefficient (Wildman–Crippen LogP) is 7.43. The first-order chi connectivity index (χ1) is 14.7. The van der Waals surface area contributed by atoms with Crippen molar-refractivity contribution in [2.45, 2.75) is 13.3 Å². The normalized spacial score (nSPS) is 10.9. The number of aryl methyl sites for hydroxylation is 1. The zero-order valence-electron chi connectivity index (χ0n) is 16.9. The fraction of sp³-hybridized carbons (Fsp3) is 0.0690. The lowest BCUT2D eigenvalue weighted by Crippen LogP contribution is -1.95. The second-order valence-corrected chi connectivity index (χ2v) is 7.79. The third-order valence-corrected chi connectivity index (χ3v) is 5.88. The van der Waals surface area contributed by atoms with Crippen LogP contribution in [-0.4, -0.2) is 0 Å². The molecular weight excluding hydrogens is 362 g/mol. The van der Waals surface area contributed by atoms with Crippen molar-refractivity contribution >= 4 is 21.5 Å². The standard InChI is InChI=1S/C29H21N/c1-20-11-13-23-14-12-21(18-27(23)28(20)19-30)17-25-16-15-22-7-5-6-10-26(22)29(25)24-8-3-2-4-9-24/h2-16,18H,17H2,1H3. The molecule has 30 heavy (non-hydrogen) atoms. The number of nitriles is 1.